The number of anilines is 1. The van der Waals surface area contributed by atoms with Crippen molar-refractivity contribution in [2.45, 2.75) is 20.4 Å². The normalized spacial score (nSPS) is 10.5. The van der Waals surface area contributed by atoms with Gasteiger partial charge < -0.3 is 11.1 Å². The summed E-state index contributed by atoms with van der Waals surface area (Å²) in [5, 5.41) is 3.20. The minimum absolute atomic E-state index is 0.0686. The van der Waals surface area contributed by atoms with E-state index in [0.717, 1.165) is 0 Å². The summed E-state index contributed by atoms with van der Waals surface area (Å²) in [7, 11) is 0. The topological polar surface area (TPSA) is 38.0 Å². The van der Waals surface area contributed by atoms with E-state index in [9.17, 15) is 4.39 Å². The van der Waals surface area contributed by atoms with Crippen LogP contribution in [0.5, 0.6) is 0 Å². The first-order chi connectivity index (χ1) is 8.99. The third kappa shape index (κ3) is 3.11. The summed E-state index contributed by atoms with van der Waals surface area (Å²) in [6.07, 6.45) is 0. The van der Waals surface area contributed by atoms with Gasteiger partial charge in [0.25, 0.3) is 0 Å². The average molecular weight is 294 g/mol. The Hall–Kier alpha value is -1.46. The number of thiocarbonyl (C=S) groups is 1. The van der Waals surface area contributed by atoms with Gasteiger partial charge in [-0.1, -0.05) is 18.3 Å². The fourth-order valence-corrected chi connectivity index (χ4v) is 3.04. The van der Waals surface area contributed by atoms with Crippen LogP contribution in [-0.4, -0.2) is 4.99 Å². The summed E-state index contributed by atoms with van der Waals surface area (Å²) in [6, 6.07) is 6.92. The smallest absolute Gasteiger partial charge is 0.135 e. The monoisotopic (exact) mass is 294 g/mol. The third-order valence-corrected chi connectivity index (χ3v) is 4.29. The number of aryl methyl sites for hydroxylation is 2. The van der Waals surface area contributed by atoms with Crippen molar-refractivity contribution in [3.63, 3.8) is 0 Å². The summed E-state index contributed by atoms with van der Waals surface area (Å²) in [5.41, 5.74) is 7.76. The van der Waals surface area contributed by atoms with Gasteiger partial charge in [0.05, 0.1) is 5.56 Å². The van der Waals surface area contributed by atoms with E-state index >= 15 is 0 Å². The van der Waals surface area contributed by atoms with Gasteiger partial charge in [-0.2, -0.15) is 0 Å². The van der Waals surface area contributed by atoms with Crippen LogP contribution in [0.3, 0.4) is 0 Å². The van der Waals surface area contributed by atoms with Crippen molar-refractivity contribution in [1.82, 2.24) is 0 Å². The van der Waals surface area contributed by atoms with Gasteiger partial charge in [-0.3, -0.25) is 0 Å². The van der Waals surface area contributed by atoms with E-state index in [2.05, 4.69) is 25.2 Å². The summed E-state index contributed by atoms with van der Waals surface area (Å²) in [4.78, 5) is 2.57. The van der Waals surface area contributed by atoms with Crippen molar-refractivity contribution in [3.05, 3.63) is 51.0 Å². The summed E-state index contributed by atoms with van der Waals surface area (Å²) < 4.78 is 13.7. The fraction of sp³-hybridized carbons (Fsp3) is 0.214. The van der Waals surface area contributed by atoms with Crippen molar-refractivity contribution in [3.8, 4) is 0 Å². The van der Waals surface area contributed by atoms with Gasteiger partial charge in [0.1, 0.15) is 10.8 Å². The largest absolute Gasteiger partial charge is 0.389 e. The van der Waals surface area contributed by atoms with E-state index in [-0.39, 0.29) is 10.6 Å². The fourth-order valence-electron chi connectivity index (χ4n) is 1.84. The Kier molecular flexibility index (Phi) is 4.17. The Morgan fingerprint density at radius 3 is 2.74 bits per heavy atom. The molecule has 0 saturated heterocycles. The zero-order valence-corrected chi connectivity index (χ0v) is 12.4. The molecule has 0 saturated carbocycles. The maximum absolute atomic E-state index is 13.7. The molecule has 2 aromatic rings. The van der Waals surface area contributed by atoms with Gasteiger partial charge in [0, 0.05) is 22.0 Å². The van der Waals surface area contributed by atoms with Crippen LogP contribution < -0.4 is 11.1 Å². The van der Waals surface area contributed by atoms with Crippen LogP contribution in [0.2, 0.25) is 0 Å². The van der Waals surface area contributed by atoms with Gasteiger partial charge in [0.15, 0.2) is 0 Å². The predicted molar refractivity (Wildman–Crippen MR) is 83.4 cm³/mol. The molecule has 1 aromatic heterocycles. The molecule has 2 nitrogen and oxygen atoms in total. The highest BCUT2D eigenvalue weighted by Crippen LogP contribution is 2.24. The van der Waals surface area contributed by atoms with Crippen molar-refractivity contribution >= 4 is 34.2 Å². The molecule has 0 aliphatic rings. The number of nitrogens with two attached hydrogens (primary N) is 1. The zero-order chi connectivity index (χ0) is 14.0. The molecular weight excluding hydrogens is 279 g/mol. The lowest BCUT2D eigenvalue weighted by Crippen LogP contribution is -2.15. The van der Waals surface area contributed by atoms with Crippen LogP contribution in [0.25, 0.3) is 0 Å². The number of halogens is 1. The molecule has 0 fully saturated rings. The zero-order valence-electron chi connectivity index (χ0n) is 10.8. The first kappa shape index (κ1) is 14.0. The lowest BCUT2D eigenvalue weighted by Gasteiger charge is -2.11. The average Bonchev–Trinajstić information content (AvgIpc) is 2.65. The molecular formula is C14H15FN2S2. The standard InChI is InChI=1S/C14H15FN2S2/c1-8-6-10(19-9(8)2)7-17-12-5-3-4-11(15)13(12)14(16)18/h3-6,17H,7H2,1-2H3,(H2,16,18). The maximum atomic E-state index is 13.7. The Morgan fingerprint density at radius 1 is 1.42 bits per heavy atom. The number of hydrogen-bond donors (Lipinski definition) is 2. The molecule has 0 atom stereocenters. The van der Waals surface area contributed by atoms with E-state index in [1.807, 2.05) is 0 Å². The third-order valence-electron chi connectivity index (χ3n) is 2.93. The summed E-state index contributed by atoms with van der Waals surface area (Å²) in [6.45, 7) is 4.81. The number of nitrogens with one attached hydrogen (secondary N) is 1. The highest BCUT2D eigenvalue weighted by molar-refractivity contribution is 7.80. The molecule has 0 radical (unpaired) electrons. The van der Waals surface area contributed by atoms with E-state index in [4.69, 9.17) is 18.0 Å². The molecule has 1 heterocycles. The van der Waals surface area contributed by atoms with Gasteiger partial charge >= 0.3 is 0 Å². The molecule has 0 amide bonds. The predicted octanol–water partition coefficient (Wildman–Crippen LogP) is 3.75. The number of benzene rings is 1. The molecule has 0 bridgehead atoms. The van der Waals surface area contributed by atoms with Crippen LogP contribution in [0.1, 0.15) is 20.9 Å². The van der Waals surface area contributed by atoms with E-state index in [1.165, 1.54) is 21.4 Å². The van der Waals surface area contributed by atoms with E-state index in [0.29, 0.717) is 12.2 Å². The molecule has 0 spiro atoms. The van der Waals surface area contributed by atoms with Crippen LogP contribution in [0.15, 0.2) is 24.3 Å². The first-order valence-electron chi connectivity index (χ1n) is 5.87. The number of hydrogen-bond acceptors (Lipinski definition) is 3. The van der Waals surface area contributed by atoms with Gasteiger partial charge in [-0.25, -0.2) is 4.39 Å². The SMILES string of the molecule is Cc1cc(CNc2cccc(F)c2C(N)=S)sc1C. The van der Waals surface area contributed by atoms with E-state index < -0.39 is 5.82 Å². The number of rotatable bonds is 4. The molecule has 19 heavy (non-hydrogen) atoms. The number of thiophene rings is 1. The summed E-state index contributed by atoms with van der Waals surface area (Å²) >= 11 is 6.62. The van der Waals surface area contributed by atoms with Crippen molar-refractivity contribution in [2.75, 3.05) is 5.32 Å². The second-order valence-electron chi connectivity index (χ2n) is 4.33. The lowest BCUT2D eigenvalue weighted by molar-refractivity contribution is 0.626. The molecule has 0 aliphatic carbocycles. The van der Waals surface area contributed by atoms with Crippen molar-refractivity contribution in [1.29, 1.82) is 0 Å². The van der Waals surface area contributed by atoms with Crippen LogP contribution in [0.4, 0.5) is 10.1 Å². The highest BCUT2D eigenvalue weighted by atomic mass is 32.1. The Morgan fingerprint density at radius 2 is 2.16 bits per heavy atom. The summed E-state index contributed by atoms with van der Waals surface area (Å²) in [5.74, 6) is -0.393. The van der Waals surface area contributed by atoms with Gasteiger partial charge in [-0.05, 0) is 37.6 Å². The quantitative estimate of drug-likeness (QED) is 0.843. The second-order valence-corrected chi connectivity index (χ2v) is 6.11. The van der Waals surface area contributed by atoms with Crippen molar-refractivity contribution < 1.29 is 4.39 Å². The van der Waals surface area contributed by atoms with Gasteiger partial charge in [-0.15, -0.1) is 11.3 Å². The Bertz CT molecular complexity index is 600. The molecule has 1 aromatic carbocycles. The molecule has 2 rings (SSSR count). The lowest BCUT2D eigenvalue weighted by atomic mass is 10.1. The van der Waals surface area contributed by atoms with Crippen LogP contribution >= 0.6 is 23.6 Å². The molecule has 3 N–H and O–H groups in total. The minimum Gasteiger partial charge on any atom is -0.389 e. The maximum Gasteiger partial charge on any atom is 0.135 e. The molecule has 0 aliphatic heterocycles. The van der Waals surface area contributed by atoms with E-state index in [1.54, 1.807) is 23.5 Å². The molecule has 100 valence electrons. The van der Waals surface area contributed by atoms with Gasteiger partial charge in [0.2, 0.25) is 0 Å². The van der Waals surface area contributed by atoms with Crippen molar-refractivity contribution in [2.24, 2.45) is 5.73 Å². The first-order valence-corrected chi connectivity index (χ1v) is 7.09. The van der Waals surface area contributed by atoms with Crippen LogP contribution in [-0.2, 0) is 6.54 Å². The Labute approximate surface area is 121 Å². The molecule has 5 heteroatoms. The van der Waals surface area contributed by atoms with Crippen LogP contribution in [0, 0.1) is 19.7 Å². The minimum atomic E-state index is -0.393. The Balaban J connectivity index is 2.20. The second kappa shape index (κ2) is 5.67. The molecule has 0 unspecified atom stereocenters. The highest BCUT2D eigenvalue weighted by Gasteiger charge is 2.11.